The van der Waals surface area contributed by atoms with E-state index in [4.69, 9.17) is 20.4 Å². The zero-order chi connectivity index (χ0) is 8.15. The van der Waals surface area contributed by atoms with Gasteiger partial charge in [-0.15, -0.1) is 0 Å². The highest BCUT2D eigenvalue weighted by molar-refractivity contribution is 5.56. The third-order valence-electron chi connectivity index (χ3n) is 1.07. The lowest BCUT2D eigenvalue weighted by atomic mass is 11.1. The van der Waals surface area contributed by atoms with Crippen LogP contribution in [0.1, 0.15) is 0 Å². The quantitative estimate of drug-likeness (QED) is 0.261. The van der Waals surface area contributed by atoms with E-state index in [0.717, 1.165) is 0 Å². The molecule has 60 valence electrons. The van der Waals surface area contributed by atoms with Crippen LogP contribution >= 0.6 is 0 Å². The lowest BCUT2D eigenvalue weighted by Gasteiger charge is -2.16. The standard InChI is InChI=1S/C5H10O5/c6-1-3(8)5(10)4(9)2-7/h1,3-5,7-10H,2H2/t3-,4+,5-/m0/s1/i1+1,2+1,3+1,4+1,5+1. The minimum Gasteiger partial charge on any atom is -0.394 e. The number of hydrogen-bond acceptors (Lipinski definition) is 5. The molecule has 0 saturated heterocycles. The zero-order valence-electron chi connectivity index (χ0n) is 5.21. The van der Waals surface area contributed by atoms with Crippen LogP contribution in [0.4, 0.5) is 0 Å². The summed E-state index contributed by atoms with van der Waals surface area (Å²) in [6.07, 6.45) is -4.63. The van der Waals surface area contributed by atoms with Crippen molar-refractivity contribution < 1.29 is 25.2 Å². The predicted octanol–water partition coefficient (Wildman–Crippen LogP) is -2.74. The molecule has 0 rings (SSSR count). The summed E-state index contributed by atoms with van der Waals surface area (Å²) < 4.78 is 0. The molecule has 0 aromatic heterocycles. The molecule has 0 amide bonds. The van der Waals surface area contributed by atoms with Crippen molar-refractivity contribution in [2.24, 2.45) is 0 Å². The highest BCUT2D eigenvalue weighted by Gasteiger charge is 2.22. The van der Waals surface area contributed by atoms with Crippen LogP contribution in [0.3, 0.4) is 0 Å². The van der Waals surface area contributed by atoms with Crippen LogP contribution < -0.4 is 0 Å². The van der Waals surface area contributed by atoms with Crippen LogP contribution in [0.15, 0.2) is 0 Å². The van der Waals surface area contributed by atoms with Gasteiger partial charge in [0.2, 0.25) is 0 Å². The van der Waals surface area contributed by atoms with Gasteiger partial charge in [0.05, 0.1) is 6.61 Å². The Balaban J connectivity index is 3.80. The molecule has 0 unspecified atom stereocenters. The summed E-state index contributed by atoms with van der Waals surface area (Å²) in [5.74, 6) is 0. The first-order valence-corrected chi connectivity index (χ1v) is 2.73. The van der Waals surface area contributed by atoms with E-state index in [-0.39, 0.29) is 6.29 Å². The molecule has 0 bridgehead atoms. The zero-order valence-corrected chi connectivity index (χ0v) is 5.21. The van der Waals surface area contributed by atoms with Crippen LogP contribution in [0.5, 0.6) is 0 Å². The normalized spacial score (nSPS) is 19.6. The molecule has 0 saturated carbocycles. The van der Waals surface area contributed by atoms with Crippen LogP contribution in [-0.2, 0) is 4.79 Å². The minimum absolute atomic E-state index is 0.0869. The summed E-state index contributed by atoms with van der Waals surface area (Å²) in [5, 5.41) is 34.1. The minimum atomic E-state index is -1.64. The van der Waals surface area contributed by atoms with Gasteiger partial charge in [-0.3, -0.25) is 0 Å². The molecule has 0 aromatic rings. The lowest BCUT2D eigenvalue weighted by molar-refractivity contribution is -0.127. The van der Waals surface area contributed by atoms with Gasteiger partial charge >= 0.3 is 0 Å². The van der Waals surface area contributed by atoms with Gasteiger partial charge in [0.25, 0.3) is 0 Å². The van der Waals surface area contributed by atoms with E-state index in [9.17, 15) is 4.79 Å². The van der Waals surface area contributed by atoms with Crippen molar-refractivity contribution in [2.45, 2.75) is 18.3 Å². The molecule has 0 aliphatic rings. The highest BCUT2D eigenvalue weighted by Crippen LogP contribution is 1.96. The van der Waals surface area contributed by atoms with Crippen molar-refractivity contribution in [3.8, 4) is 0 Å². The van der Waals surface area contributed by atoms with Gasteiger partial charge in [-0.25, -0.2) is 0 Å². The van der Waals surface area contributed by atoms with Crippen molar-refractivity contribution in [2.75, 3.05) is 6.61 Å². The first-order valence-electron chi connectivity index (χ1n) is 2.73. The molecule has 5 heteroatoms. The molecule has 10 heavy (non-hydrogen) atoms. The van der Waals surface area contributed by atoms with E-state index in [1.165, 1.54) is 0 Å². The van der Waals surface area contributed by atoms with E-state index in [1.807, 2.05) is 0 Å². The average Bonchev–Trinajstić information content (AvgIpc) is 2.00. The van der Waals surface area contributed by atoms with E-state index in [1.54, 1.807) is 0 Å². The van der Waals surface area contributed by atoms with Gasteiger partial charge in [0.15, 0.2) is 6.29 Å². The van der Waals surface area contributed by atoms with Crippen molar-refractivity contribution >= 4 is 6.29 Å². The van der Waals surface area contributed by atoms with Gasteiger partial charge in [0, 0.05) is 0 Å². The summed E-state index contributed by atoms with van der Waals surface area (Å²) in [4.78, 5) is 9.76. The second kappa shape index (κ2) is 4.35. The maximum absolute atomic E-state index is 9.76. The Morgan fingerprint density at radius 3 is 2.10 bits per heavy atom. The number of hydrogen-bond donors (Lipinski definition) is 4. The molecular formula is C5H10O5. The maximum atomic E-state index is 9.76. The maximum Gasteiger partial charge on any atom is 0.151 e. The first-order chi connectivity index (χ1) is 4.63. The molecule has 3 atom stereocenters. The van der Waals surface area contributed by atoms with Gasteiger partial charge in [-0.05, 0) is 0 Å². The van der Waals surface area contributed by atoms with Crippen molar-refractivity contribution in [3.63, 3.8) is 0 Å². The van der Waals surface area contributed by atoms with E-state index < -0.39 is 24.9 Å². The second-order valence-electron chi connectivity index (χ2n) is 1.87. The fourth-order valence-corrected chi connectivity index (χ4v) is 0.416. The van der Waals surface area contributed by atoms with Gasteiger partial charge in [-0.1, -0.05) is 0 Å². The molecular weight excluding hydrogens is 145 g/mol. The van der Waals surface area contributed by atoms with Gasteiger partial charge in [-0.2, -0.15) is 0 Å². The van der Waals surface area contributed by atoms with Crippen LogP contribution in [0.2, 0.25) is 0 Å². The predicted molar refractivity (Wildman–Crippen MR) is 31.2 cm³/mol. The number of aliphatic hydroxyl groups excluding tert-OH is 4. The molecule has 5 nitrogen and oxygen atoms in total. The molecule has 0 heterocycles. The largest absolute Gasteiger partial charge is 0.394 e. The fourth-order valence-electron chi connectivity index (χ4n) is 0.416. The van der Waals surface area contributed by atoms with Crippen LogP contribution in [0.25, 0.3) is 0 Å². The Labute approximate surface area is 57.5 Å². The summed E-state index contributed by atoms with van der Waals surface area (Å²) in [7, 11) is 0. The molecule has 0 aromatic carbocycles. The Morgan fingerprint density at radius 2 is 1.80 bits per heavy atom. The molecule has 0 aliphatic carbocycles. The van der Waals surface area contributed by atoms with E-state index in [2.05, 4.69) is 0 Å². The second-order valence-corrected chi connectivity index (χ2v) is 1.87. The first kappa shape index (κ1) is 9.51. The number of rotatable bonds is 4. The van der Waals surface area contributed by atoms with E-state index in [0.29, 0.717) is 0 Å². The number of aliphatic hydroxyl groups is 4. The smallest absolute Gasteiger partial charge is 0.151 e. The molecule has 0 aliphatic heterocycles. The van der Waals surface area contributed by atoms with Crippen molar-refractivity contribution in [1.82, 2.24) is 0 Å². The van der Waals surface area contributed by atoms with Gasteiger partial charge in [0.1, 0.15) is 18.3 Å². The number of carbonyl (C=O) groups is 1. The molecule has 4 N–H and O–H groups in total. The number of aldehydes is 1. The Morgan fingerprint density at radius 1 is 1.30 bits per heavy atom. The van der Waals surface area contributed by atoms with Gasteiger partial charge < -0.3 is 25.2 Å². The summed E-state index contributed by atoms with van der Waals surface area (Å²) >= 11 is 0. The Bertz CT molecular complexity index is 104. The summed E-state index contributed by atoms with van der Waals surface area (Å²) in [6.45, 7) is -0.688. The molecule has 0 spiro atoms. The lowest BCUT2D eigenvalue weighted by Crippen LogP contribution is -2.40. The van der Waals surface area contributed by atoms with Crippen molar-refractivity contribution in [3.05, 3.63) is 0 Å². The Hall–Kier alpha value is -0.490. The third-order valence-corrected chi connectivity index (χ3v) is 1.07. The monoisotopic (exact) mass is 155 g/mol. The molecule has 0 fully saturated rings. The van der Waals surface area contributed by atoms with Crippen LogP contribution in [-0.4, -0.2) is 51.6 Å². The summed E-state index contributed by atoms with van der Waals surface area (Å²) in [6, 6.07) is 0. The van der Waals surface area contributed by atoms with Crippen LogP contribution in [0, 0.1) is 0 Å². The average molecular weight is 155 g/mol. The Kier molecular flexibility index (Phi) is 4.13. The van der Waals surface area contributed by atoms with Crippen molar-refractivity contribution in [1.29, 1.82) is 0 Å². The fraction of sp³-hybridized carbons (Fsp3) is 0.800. The number of carbonyl (C=O) groups excluding carboxylic acids is 1. The summed E-state index contributed by atoms with van der Waals surface area (Å²) in [5.41, 5.74) is 0. The SMILES string of the molecule is O=[13CH][13C@H](O)[13C@H](O)[13C@H](O)[13CH2]O. The van der Waals surface area contributed by atoms with E-state index >= 15 is 0 Å². The topological polar surface area (TPSA) is 98.0 Å². The molecule has 0 radical (unpaired) electrons. The highest BCUT2D eigenvalue weighted by atomic mass is 16.5. The third kappa shape index (κ3) is 2.40.